The van der Waals surface area contributed by atoms with Crippen molar-refractivity contribution in [2.45, 2.75) is 252 Å². The molecule has 0 aliphatic heterocycles. The predicted octanol–water partition coefficient (Wildman–Crippen LogP) is 18.1. The van der Waals surface area contributed by atoms with Crippen LogP contribution in [0.25, 0.3) is 0 Å². The minimum Gasteiger partial charge on any atom is -0.462 e. The molecule has 376 valence electrons. The summed E-state index contributed by atoms with van der Waals surface area (Å²) in [7, 11) is 0. The third kappa shape index (κ3) is 51.3. The third-order valence-corrected chi connectivity index (χ3v) is 11.4. The Bertz CT molecular complexity index is 1330. The highest BCUT2D eigenvalue weighted by molar-refractivity contribution is 5.71. The van der Waals surface area contributed by atoms with E-state index in [1.807, 2.05) is 24.3 Å². The van der Waals surface area contributed by atoms with Crippen molar-refractivity contribution in [3.8, 4) is 0 Å². The fraction of sp³-hybridized carbons (Fsp3) is 0.683. The molecule has 1 unspecified atom stereocenters. The van der Waals surface area contributed by atoms with Crippen LogP contribution in [0.4, 0.5) is 0 Å². The van der Waals surface area contributed by atoms with Crippen LogP contribution in [-0.4, -0.2) is 37.2 Å². The molecule has 0 aromatic rings. The van der Waals surface area contributed by atoms with Crippen molar-refractivity contribution in [1.82, 2.24) is 0 Å². The van der Waals surface area contributed by atoms with Crippen LogP contribution in [0.15, 0.2) is 97.2 Å². The molecule has 0 rings (SSSR count). The summed E-state index contributed by atoms with van der Waals surface area (Å²) < 4.78 is 16.8. The van der Waals surface area contributed by atoms with Gasteiger partial charge in [-0.1, -0.05) is 234 Å². The van der Waals surface area contributed by atoms with Crippen molar-refractivity contribution in [2.75, 3.05) is 13.2 Å². The lowest BCUT2D eigenvalue weighted by molar-refractivity contribution is -0.167. The average Bonchev–Trinajstić information content (AvgIpc) is 3.31. The molecule has 0 saturated heterocycles. The maximum atomic E-state index is 12.8. The van der Waals surface area contributed by atoms with Crippen LogP contribution in [0.5, 0.6) is 0 Å². The van der Waals surface area contributed by atoms with E-state index in [1.165, 1.54) is 109 Å². The van der Waals surface area contributed by atoms with Crippen LogP contribution >= 0.6 is 0 Å². The van der Waals surface area contributed by atoms with Crippen LogP contribution in [0.2, 0.25) is 0 Å². The lowest BCUT2D eigenvalue weighted by Crippen LogP contribution is -2.30. The predicted molar refractivity (Wildman–Crippen MR) is 284 cm³/mol. The van der Waals surface area contributed by atoms with Gasteiger partial charge in [0.2, 0.25) is 0 Å². The number of allylic oxidation sites excluding steroid dienone is 16. The molecule has 0 spiro atoms. The van der Waals surface area contributed by atoms with Crippen molar-refractivity contribution in [1.29, 1.82) is 0 Å². The highest BCUT2D eigenvalue weighted by Crippen LogP contribution is 2.14. The van der Waals surface area contributed by atoms with Crippen molar-refractivity contribution in [3.63, 3.8) is 0 Å². The molecular weight excluding hydrogens is 817 g/mol. The van der Waals surface area contributed by atoms with Crippen molar-refractivity contribution in [2.24, 2.45) is 0 Å². The van der Waals surface area contributed by atoms with Crippen LogP contribution in [0.1, 0.15) is 245 Å². The van der Waals surface area contributed by atoms with Gasteiger partial charge in [-0.3, -0.25) is 14.4 Å². The first-order chi connectivity index (χ1) is 32.5. The second-order valence-corrected chi connectivity index (χ2v) is 17.9. The van der Waals surface area contributed by atoms with E-state index in [0.717, 1.165) is 96.3 Å². The molecule has 6 heteroatoms. The Morgan fingerprint density at radius 3 is 1.00 bits per heavy atom. The fourth-order valence-corrected chi connectivity index (χ4v) is 7.28. The molecule has 6 nitrogen and oxygen atoms in total. The standard InChI is InChI=1S/C60H100O6/c1-4-7-10-13-16-19-22-25-28-29-30-33-35-38-41-44-47-50-53-59(62)65-56-57(66-60(63)54-51-48-45-42-39-36-32-27-24-21-18-15-12-9-6-3)55-64-58(61)52-49-46-43-40-37-34-31-26-23-20-17-14-11-8-5-2/h10,13,16,18-25,27-30,33,57H,4-9,11-12,14-15,17,26,31-32,34-56H2,1-3H3/b13-10-,19-16-,21-18-,23-20-,25-22-,27-24-,29-28-,33-30-. The maximum Gasteiger partial charge on any atom is 0.306 e. The molecule has 1 atom stereocenters. The molecule has 0 saturated carbocycles. The monoisotopic (exact) mass is 917 g/mol. The van der Waals surface area contributed by atoms with E-state index in [9.17, 15) is 14.4 Å². The lowest BCUT2D eigenvalue weighted by Gasteiger charge is -2.18. The Hall–Kier alpha value is -3.67. The summed E-state index contributed by atoms with van der Waals surface area (Å²) in [5.74, 6) is -0.935. The van der Waals surface area contributed by atoms with Gasteiger partial charge in [0.15, 0.2) is 6.10 Å². The Kier molecular flexibility index (Phi) is 50.9. The Morgan fingerprint density at radius 1 is 0.303 bits per heavy atom. The molecule has 0 heterocycles. The summed E-state index contributed by atoms with van der Waals surface area (Å²) in [6.07, 6.45) is 70.9. The summed E-state index contributed by atoms with van der Waals surface area (Å²) in [6.45, 7) is 6.47. The van der Waals surface area contributed by atoms with Crippen molar-refractivity contribution < 1.29 is 28.6 Å². The summed E-state index contributed by atoms with van der Waals surface area (Å²) in [4.78, 5) is 38.1. The van der Waals surface area contributed by atoms with E-state index in [2.05, 4.69) is 93.7 Å². The van der Waals surface area contributed by atoms with Gasteiger partial charge in [0.25, 0.3) is 0 Å². The largest absolute Gasteiger partial charge is 0.462 e. The van der Waals surface area contributed by atoms with Crippen molar-refractivity contribution >= 4 is 17.9 Å². The highest BCUT2D eigenvalue weighted by Gasteiger charge is 2.19. The minimum absolute atomic E-state index is 0.0938. The van der Waals surface area contributed by atoms with E-state index in [0.29, 0.717) is 19.3 Å². The number of unbranched alkanes of at least 4 members (excludes halogenated alkanes) is 26. The summed E-state index contributed by atoms with van der Waals surface area (Å²) in [6, 6.07) is 0. The van der Waals surface area contributed by atoms with Gasteiger partial charge in [0.05, 0.1) is 0 Å². The normalized spacial score (nSPS) is 12.8. The quantitative estimate of drug-likeness (QED) is 0.0199. The molecule has 0 N–H and O–H groups in total. The molecule has 0 radical (unpaired) electrons. The molecule has 0 bridgehead atoms. The van der Waals surface area contributed by atoms with Gasteiger partial charge in [0.1, 0.15) is 13.2 Å². The van der Waals surface area contributed by atoms with Crippen molar-refractivity contribution in [3.05, 3.63) is 97.2 Å². The van der Waals surface area contributed by atoms with E-state index in [1.54, 1.807) is 0 Å². The lowest BCUT2D eigenvalue weighted by atomic mass is 10.1. The van der Waals surface area contributed by atoms with Crippen LogP contribution in [-0.2, 0) is 28.6 Å². The second-order valence-electron chi connectivity index (χ2n) is 17.9. The number of carbonyl (C=O) groups is 3. The maximum absolute atomic E-state index is 12.8. The van der Waals surface area contributed by atoms with Gasteiger partial charge >= 0.3 is 17.9 Å². The van der Waals surface area contributed by atoms with Gasteiger partial charge in [-0.15, -0.1) is 0 Å². The fourth-order valence-electron chi connectivity index (χ4n) is 7.28. The summed E-state index contributed by atoms with van der Waals surface area (Å²) >= 11 is 0. The molecular formula is C60H100O6. The zero-order valence-corrected chi connectivity index (χ0v) is 42.9. The number of carbonyl (C=O) groups excluding carboxylic acids is 3. The SMILES string of the molecule is CCC\C=C/C=C\C=C/C=C\C=C/CCCCCCCC(=O)OCC(COC(=O)CCCCCCCCC/C=C\CCCCCC)OC(=O)CCCCCCCC/C=C\C=C/CCCCC. The summed E-state index contributed by atoms with van der Waals surface area (Å²) in [5, 5.41) is 0. The van der Waals surface area contributed by atoms with E-state index in [4.69, 9.17) is 14.2 Å². The number of ether oxygens (including phenoxy) is 3. The Balaban J connectivity index is 4.48. The van der Waals surface area contributed by atoms with Gasteiger partial charge in [-0.05, 0) is 89.9 Å². The number of esters is 3. The highest BCUT2D eigenvalue weighted by atomic mass is 16.6. The third-order valence-electron chi connectivity index (χ3n) is 11.4. The molecule has 0 fully saturated rings. The zero-order chi connectivity index (χ0) is 47.9. The van der Waals surface area contributed by atoms with Crippen LogP contribution < -0.4 is 0 Å². The minimum atomic E-state index is -0.797. The molecule has 0 aromatic heterocycles. The van der Waals surface area contributed by atoms with E-state index < -0.39 is 6.10 Å². The average molecular weight is 917 g/mol. The first kappa shape index (κ1) is 62.3. The molecule has 0 aliphatic carbocycles. The van der Waals surface area contributed by atoms with E-state index in [-0.39, 0.29) is 31.1 Å². The molecule has 0 aliphatic rings. The van der Waals surface area contributed by atoms with Gasteiger partial charge in [-0.25, -0.2) is 0 Å². The van der Waals surface area contributed by atoms with Gasteiger partial charge in [-0.2, -0.15) is 0 Å². The second kappa shape index (κ2) is 53.9. The molecule has 66 heavy (non-hydrogen) atoms. The Labute approximate surface area is 407 Å². The summed E-state index contributed by atoms with van der Waals surface area (Å²) in [5.41, 5.74) is 0. The number of hydrogen-bond donors (Lipinski definition) is 0. The van der Waals surface area contributed by atoms with Crippen LogP contribution in [0.3, 0.4) is 0 Å². The molecule has 0 amide bonds. The van der Waals surface area contributed by atoms with Crippen LogP contribution in [0, 0.1) is 0 Å². The van der Waals surface area contributed by atoms with Gasteiger partial charge in [0, 0.05) is 19.3 Å². The first-order valence-electron chi connectivity index (χ1n) is 27.3. The smallest absolute Gasteiger partial charge is 0.306 e. The number of hydrogen-bond acceptors (Lipinski definition) is 6. The zero-order valence-electron chi connectivity index (χ0n) is 42.9. The van der Waals surface area contributed by atoms with E-state index >= 15 is 0 Å². The van der Waals surface area contributed by atoms with Gasteiger partial charge < -0.3 is 14.2 Å². The molecule has 0 aromatic carbocycles. The topological polar surface area (TPSA) is 78.9 Å². The number of rotatable bonds is 48. The first-order valence-corrected chi connectivity index (χ1v) is 27.3. The Morgan fingerprint density at radius 2 is 0.591 bits per heavy atom.